The maximum Gasteiger partial charge on any atom is 0.331 e. The average Bonchev–Trinajstić information content (AvgIpc) is 3.45. The van der Waals surface area contributed by atoms with Gasteiger partial charge in [-0.15, -0.1) is 0 Å². The van der Waals surface area contributed by atoms with Crippen molar-refractivity contribution in [3.8, 4) is 23.0 Å². The van der Waals surface area contributed by atoms with Crippen molar-refractivity contribution in [2.75, 3.05) is 42.0 Å². The fraction of sp³-hybridized carbons (Fsp3) is 0.500. The van der Waals surface area contributed by atoms with E-state index in [0.717, 1.165) is 17.7 Å². The quantitative estimate of drug-likeness (QED) is 0.391. The van der Waals surface area contributed by atoms with Crippen molar-refractivity contribution >= 4 is 12.0 Å². The third-order valence-corrected chi connectivity index (χ3v) is 9.61. The standard InChI is InChI=1S/C30H35NO9/c1-31-13-12-28-15-23(39-24(33)11-7-17-6-9-20(35-2)19(32)14-17)27(37-4)30(38-5)29(28,31)16-22(40-30)18-8-10-21(36-3)26(34)25(18)28/h6-11,14,22-23,27,32,34H,12-13,15-16H2,1-5H3. The molecule has 6 rings (SSSR count). The van der Waals surface area contributed by atoms with Gasteiger partial charge in [0.25, 0.3) is 0 Å². The maximum atomic E-state index is 13.2. The third kappa shape index (κ3) is 3.27. The fourth-order valence-electron chi connectivity index (χ4n) is 8.14. The van der Waals surface area contributed by atoms with Crippen LogP contribution in [-0.4, -0.2) is 86.6 Å². The summed E-state index contributed by atoms with van der Waals surface area (Å²) in [5, 5.41) is 21.6. The van der Waals surface area contributed by atoms with Gasteiger partial charge in [0, 0.05) is 37.7 Å². The molecule has 0 radical (unpaired) electrons. The van der Waals surface area contributed by atoms with Gasteiger partial charge in [-0.1, -0.05) is 12.1 Å². The topological polar surface area (TPSA) is 116 Å². The van der Waals surface area contributed by atoms with Gasteiger partial charge < -0.3 is 38.6 Å². The highest BCUT2D eigenvalue weighted by Gasteiger charge is 2.83. The van der Waals surface area contributed by atoms with E-state index in [1.165, 1.54) is 26.4 Å². The lowest BCUT2D eigenvalue weighted by Crippen LogP contribution is -2.77. The van der Waals surface area contributed by atoms with Crippen molar-refractivity contribution in [1.29, 1.82) is 0 Å². The van der Waals surface area contributed by atoms with Crippen LogP contribution in [0.5, 0.6) is 23.0 Å². The average molecular weight is 554 g/mol. The number of likely N-dealkylation sites (N-methyl/N-ethyl adjacent to an activating group) is 1. The van der Waals surface area contributed by atoms with E-state index in [9.17, 15) is 15.0 Å². The smallest absolute Gasteiger partial charge is 0.331 e. The molecule has 10 nitrogen and oxygen atoms in total. The largest absolute Gasteiger partial charge is 0.504 e. The summed E-state index contributed by atoms with van der Waals surface area (Å²) in [5.41, 5.74) is 0.935. The van der Waals surface area contributed by atoms with Crippen LogP contribution in [-0.2, 0) is 29.2 Å². The molecule has 1 saturated carbocycles. The molecule has 3 fully saturated rings. The van der Waals surface area contributed by atoms with Gasteiger partial charge in [0.05, 0.1) is 25.9 Å². The van der Waals surface area contributed by atoms with Crippen molar-refractivity contribution in [1.82, 2.24) is 4.90 Å². The molecule has 2 aliphatic carbocycles. The molecular weight excluding hydrogens is 518 g/mol. The molecule has 6 unspecified atom stereocenters. The molecule has 10 heteroatoms. The highest BCUT2D eigenvalue weighted by atomic mass is 16.7. The molecule has 4 aliphatic rings. The monoisotopic (exact) mass is 553 g/mol. The number of carbonyl (C=O) groups excluding carboxylic acids is 1. The first-order chi connectivity index (χ1) is 19.2. The number of phenolic OH excluding ortho intramolecular Hbond substituents is 2. The summed E-state index contributed by atoms with van der Waals surface area (Å²) in [6.07, 6.45) is 2.78. The van der Waals surface area contributed by atoms with Crippen molar-refractivity contribution in [2.45, 2.75) is 54.3 Å². The van der Waals surface area contributed by atoms with Crippen LogP contribution in [0.4, 0.5) is 0 Å². The molecule has 2 bridgehead atoms. The number of rotatable bonds is 7. The summed E-state index contributed by atoms with van der Waals surface area (Å²) in [6.45, 7) is 0.731. The van der Waals surface area contributed by atoms with Gasteiger partial charge in [0.2, 0.25) is 5.79 Å². The Hall–Kier alpha value is -3.31. The Morgan fingerprint density at radius 2 is 1.82 bits per heavy atom. The Balaban J connectivity index is 1.42. The second-order valence-electron chi connectivity index (χ2n) is 11.0. The summed E-state index contributed by atoms with van der Waals surface area (Å²) in [4.78, 5) is 15.5. The Kier molecular flexibility index (Phi) is 6.30. The zero-order valence-corrected chi connectivity index (χ0v) is 23.3. The number of aromatic hydroxyl groups is 2. The lowest BCUT2D eigenvalue weighted by molar-refractivity contribution is -0.339. The molecule has 214 valence electrons. The van der Waals surface area contributed by atoms with Crippen LogP contribution in [0.2, 0.25) is 0 Å². The van der Waals surface area contributed by atoms with Gasteiger partial charge in [-0.2, -0.15) is 0 Å². The van der Waals surface area contributed by atoms with E-state index in [0.29, 0.717) is 36.3 Å². The molecule has 2 saturated heterocycles. The van der Waals surface area contributed by atoms with Gasteiger partial charge in [-0.05, 0) is 61.8 Å². The number of likely N-dealkylation sites (tertiary alicyclic amines) is 1. The molecule has 2 heterocycles. The Morgan fingerprint density at radius 3 is 2.50 bits per heavy atom. The lowest BCUT2D eigenvalue weighted by Gasteiger charge is -2.61. The normalized spacial score (nSPS) is 34.0. The van der Waals surface area contributed by atoms with Crippen LogP contribution in [0.15, 0.2) is 36.4 Å². The summed E-state index contributed by atoms with van der Waals surface area (Å²) < 4.78 is 35.9. The van der Waals surface area contributed by atoms with Crippen LogP contribution < -0.4 is 9.47 Å². The Morgan fingerprint density at radius 1 is 1.07 bits per heavy atom. The zero-order chi connectivity index (χ0) is 28.4. The van der Waals surface area contributed by atoms with E-state index in [-0.39, 0.29) is 17.6 Å². The summed E-state index contributed by atoms with van der Waals surface area (Å²) >= 11 is 0. The molecular formula is C30H35NO9. The van der Waals surface area contributed by atoms with E-state index >= 15 is 0 Å². The molecule has 2 aliphatic heterocycles. The first kappa shape index (κ1) is 26.9. The summed E-state index contributed by atoms with van der Waals surface area (Å²) in [6, 6.07) is 8.55. The van der Waals surface area contributed by atoms with Gasteiger partial charge in [0.1, 0.15) is 12.2 Å². The van der Waals surface area contributed by atoms with Gasteiger partial charge in [0.15, 0.2) is 23.0 Å². The zero-order valence-electron chi connectivity index (χ0n) is 23.3. The number of ether oxygens (including phenoxy) is 6. The van der Waals surface area contributed by atoms with Crippen molar-refractivity contribution < 1.29 is 43.4 Å². The molecule has 40 heavy (non-hydrogen) atoms. The van der Waals surface area contributed by atoms with E-state index < -0.39 is 34.9 Å². The van der Waals surface area contributed by atoms with E-state index in [4.69, 9.17) is 28.4 Å². The van der Waals surface area contributed by atoms with Crippen LogP contribution in [0.25, 0.3) is 6.08 Å². The predicted molar refractivity (Wildman–Crippen MR) is 143 cm³/mol. The van der Waals surface area contributed by atoms with Crippen molar-refractivity contribution in [2.24, 2.45) is 0 Å². The molecule has 0 amide bonds. The highest BCUT2D eigenvalue weighted by molar-refractivity contribution is 5.87. The van der Waals surface area contributed by atoms with Crippen molar-refractivity contribution in [3.63, 3.8) is 0 Å². The predicted octanol–water partition coefficient (Wildman–Crippen LogP) is 3.29. The Labute approximate surface area is 233 Å². The second-order valence-corrected chi connectivity index (χ2v) is 11.0. The van der Waals surface area contributed by atoms with E-state index in [2.05, 4.69) is 11.9 Å². The highest BCUT2D eigenvalue weighted by Crippen LogP contribution is 2.73. The number of esters is 1. The number of hydrogen-bond acceptors (Lipinski definition) is 10. The number of carbonyl (C=O) groups is 1. The molecule has 1 spiro atoms. The summed E-state index contributed by atoms with van der Waals surface area (Å²) in [7, 11) is 8.22. The van der Waals surface area contributed by atoms with E-state index in [1.54, 1.807) is 38.5 Å². The minimum atomic E-state index is -1.27. The fourth-order valence-corrected chi connectivity index (χ4v) is 8.14. The first-order valence-corrected chi connectivity index (χ1v) is 13.3. The molecule has 2 N–H and O–H groups in total. The molecule has 6 atom stereocenters. The Bertz CT molecular complexity index is 1380. The van der Waals surface area contributed by atoms with Crippen molar-refractivity contribution in [3.05, 3.63) is 53.1 Å². The van der Waals surface area contributed by atoms with Gasteiger partial charge >= 0.3 is 5.97 Å². The number of hydrogen-bond donors (Lipinski definition) is 2. The SMILES string of the molecule is COc1ccc(C=CC(=O)OC2CC34CCN(C)C35CC(OC5(OC)C2OC)c2ccc(OC)c(O)c24)cc1O. The number of nitrogens with zero attached hydrogens (tertiary/aromatic N) is 1. The first-order valence-electron chi connectivity index (χ1n) is 13.3. The number of benzene rings is 2. The molecule has 0 aromatic heterocycles. The van der Waals surface area contributed by atoms with Crippen LogP contribution >= 0.6 is 0 Å². The van der Waals surface area contributed by atoms with Crippen LogP contribution in [0, 0.1) is 0 Å². The van der Waals surface area contributed by atoms with E-state index in [1.807, 2.05) is 6.07 Å². The van der Waals surface area contributed by atoms with Crippen LogP contribution in [0.1, 0.15) is 42.1 Å². The number of fused-ring (bicyclic) bond motifs is 3. The lowest BCUT2D eigenvalue weighted by atomic mass is 9.50. The minimum absolute atomic E-state index is 0.0318. The number of phenols is 2. The van der Waals surface area contributed by atoms with Gasteiger partial charge in [-0.25, -0.2) is 4.79 Å². The maximum absolute atomic E-state index is 13.2. The van der Waals surface area contributed by atoms with Gasteiger partial charge in [-0.3, -0.25) is 4.90 Å². The molecule has 2 aromatic carbocycles. The molecule has 2 aromatic rings. The minimum Gasteiger partial charge on any atom is -0.504 e. The second kappa shape index (κ2) is 9.37. The van der Waals surface area contributed by atoms with Crippen LogP contribution in [0.3, 0.4) is 0 Å². The summed E-state index contributed by atoms with van der Waals surface area (Å²) in [5.74, 6) is -1.08. The number of methoxy groups -OCH3 is 4. The third-order valence-electron chi connectivity index (χ3n) is 9.61.